The smallest absolute Gasteiger partial charge is 0.127 e. The number of rotatable bonds is 6. The van der Waals surface area contributed by atoms with E-state index in [0.29, 0.717) is 12.3 Å². The fourth-order valence-electron chi connectivity index (χ4n) is 3.55. The van der Waals surface area contributed by atoms with Crippen LogP contribution in [0.1, 0.15) is 30.0 Å². The third kappa shape index (κ3) is 3.71. The van der Waals surface area contributed by atoms with E-state index in [1.54, 1.807) is 33.5 Å². The van der Waals surface area contributed by atoms with Gasteiger partial charge in [-0.15, -0.1) is 0 Å². The van der Waals surface area contributed by atoms with Gasteiger partial charge in [-0.25, -0.2) is 4.39 Å². The van der Waals surface area contributed by atoms with E-state index in [1.807, 2.05) is 12.1 Å². The Morgan fingerprint density at radius 3 is 2.52 bits per heavy atom. The monoisotopic (exact) mass is 345 g/mol. The number of methoxy groups -OCH3 is 3. The maximum absolute atomic E-state index is 13.7. The fraction of sp³-hybridized carbons (Fsp3) is 0.400. The van der Waals surface area contributed by atoms with Crippen molar-refractivity contribution in [2.45, 2.75) is 25.4 Å². The van der Waals surface area contributed by atoms with Crippen molar-refractivity contribution in [3.8, 4) is 17.2 Å². The van der Waals surface area contributed by atoms with Crippen molar-refractivity contribution in [2.75, 3.05) is 27.9 Å². The largest absolute Gasteiger partial charge is 0.497 e. The van der Waals surface area contributed by atoms with E-state index in [0.717, 1.165) is 42.0 Å². The van der Waals surface area contributed by atoms with Gasteiger partial charge in [-0.05, 0) is 43.7 Å². The van der Waals surface area contributed by atoms with E-state index in [2.05, 4.69) is 11.0 Å². The number of benzene rings is 2. The summed E-state index contributed by atoms with van der Waals surface area (Å²) in [6, 6.07) is 10.8. The molecule has 0 saturated carbocycles. The number of likely N-dealkylation sites (tertiary alicyclic amines) is 1. The highest BCUT2D eigenvalue weighted by Crippen LogP contribution is 2.40. The van der Waals surface area contributed by atoms with Crippen LogP contribution >= 0.6 is 0 Å². The Balaban J connectivity index is 1.87. The molecule has 2 aromatic carbocycles. The summed E-state index contributed by atoms with van der Waals surface area (Å²) in [5.74, 6) is 2.07. The van der Waals surface area contributed by atoms with Crippen LogP contribution in [-0.2, 0) is 6.54 Å². The minimum Gasteiger partial charge on any atom is -0.497 e. The van der Waals surface area contributed by atoms with Crippen LogP contribution in [0.15, 0.2) is 36.4 Å². The molecule has 0 amide bonds. The van der Waals surface area contributed by atoms with Gasteiger partial charge in [0.25, 0.3) is 0 Å². The molecule has 0 unspecified atom stereocenters. The highest BCUT2D eigenvalue weighted by Gasteiger charge is 2.29. The third-order valence-electron chi connectivity index (χ3n) is 4.78. The van der Waals surface area contributed by atoms with Gasteiger partial charge in [-0.2, -0.15) is 0 Å². The summed E-state index contributed by atoms with van der Waals surface area (Å²) in [5, 5.41) is 0. The second kappa shape index (κ2) is 7.74. The molecule has 0 radical (unpaired) electrons. The van der Waals surface area contributed by atoms with Crippen molar-refractivity contribution in [1.82, 2.24) is 4.90 Å². The van der Waals surface area contributed by atoms with Crippen molar-refractivity contribution in [3.63, 3.8) is 0 Å². The van der Waals surface area contributed by atoms with Crippen LogP contribution in [0.2, 0.25) is 0 Å². The second-order valence-corrected chi connectivity index (χ2v) is 6.19. The normalized spacial score (nSPS) is 17.5. The summed E-state index contributed by atoms with van der Waals surface area (Å²) < 4.78 is 29.9. The molecule has 4 nitrogen and oxygen atoms in total. The maximum atomic E-state index is 13.7. The highest BCUT2D eigenvalue weighted by atomic mass is 19.1. The molecule has 1 heterocycles. The third-order valence-corrected chi connectivity index (χ3v) is 4.78. The van der Waals surface area contributed by atoms with Gasteiger partial charge in [0.1, 0.15) is 23.1 Å². The van der Waals surface area contributed by atoms with Crippen LogP contribution in [0.3, 0.4) is 0 Å². The topological polar surface area (TPSA) is 30.9 Å². The van der Waals surface area contributed by atoms with Crippen LogP contribution in [-0.4, -0.2) is 32.8 Å². The summed E-state index contributed by atoms with van der Waals surface area (Å²) in [7, 11) is 4.93. The summed E-state index contributed by atoms with van der Waals surface area (Å²) in [6.45, 7) is 1.60. The van der Waals surface area contributed by atoms with Gasteiger partial charge in [0, 0.05) is 29.8 Å². The van der Waals surface area contributed by atoms with Gasteiger partial charge >= 0.3 is 0 Å². The molecule has 134 valence electrons. The summed E-state index contributed by atoms with van der Waals surface area (Å²) in [5.41, 5.74) is 2.00. The Hall–Kier alpha value is -2.27. The Bertz CT molecular complexity index is 735. The number of nitrogens with zero attached hydrogens (tertiary/aromatic N) is 1. The molecule has 0 spiro atoms. The molecule has 0 aromatic heterocycles. The Morgan fingerprint density at radius 1 is 1.00 bits per heavy atom. The molecule has 2 aromatic rings. The van der Waals surface area contributed by atoms with Crippen LogP contribution in [0, 0.1) is 5.82 Å². The molecule has 1 atom stereocenters. The first-order valence-electron chi connectivity index (χ1n) is 8.44. The van der Waals surface area contributed by atoms with E-state index in [4.69, 9.17) is 14.2 Å². The molecule has 1 aliphatic rings. The van der Waals surface area contributed by atoms with Gasteiger partial charge in [-0.1, -0.05) is 6.07 Å². The minimum atomic E-state index is -0.242. The lowest BCUT2D eigenvalue weighted by Gasteiger charge is -2.27. The van der Waals surface area contributed by atoms with Crippen LogP contribution in [0.5, 0.6) is 17.2 Å². The van der Waals surface area contributed by atoms with Crippen LogP contribution < -0.4 is 14.2 Å². The molecule has 3 rings (SSSR count). The van der Waals surface area contributed by atoms with E-state index in [-0.39, 0.29) is 11.9 Å². The SMILES string of the molecule is COc1ccc([C@@H]2CCCN2Cc2cc(F)ccc2OC)c(OC)c1. The van der Waals surface area contributed by atoms with Gasteiger partial charge in [0.05, 0.1) is 21.3 Å². The second-order valence-electron chi connectivity index (χ2n) is 6.19. The van der Waals surface area contributed by atoms with Crippen LogP contribution in [0.4, 0.5) is 4.39 Å². The highest BCUT2D eigenvalue weighted by molar-refractivity contribution is 5.43. The van der Waals surface area contributed by atoms with Gasteiger partial charge in [-0.3, -0.25) is 4.90 Å². The molecule has 5 heteroatoms. The number of ether oxygens (including phenoxy) is 3. The van der Waals surface area contributed by atoms with E-state index >= 15 is 0 Å². The lowest BCUT2D eigenvalue weighted by Crippen LogP contribution is -2.23. The number of hydrogen-bond donors (Lipinski definition) is 0. The van der Waals surface area contributed by atoms with Crippen molar-refractivity contribution >= 4 is 0 Å². The summed E-state index contributed by atoms with van der Waals surface area (Å²) >= 11 is 0. The number of hydrogen-bond acceptors (Lipinski definition) is 4. The van der Waals surface area contributed by atoms with Crippen LogP contribution in [0.25, 0.3) is 0 Å². The quantitative estimate of drug-likeness (QED) is 0.785. The molecular formula is C20H24FNO3. The predicted octanol–water partition coefficient (Wildman–Crippen LogP) is 4.19. The first-order chi connectivity index (χ1) is 12.2. The maximum Gasteiger partial charge on any atom is 0.127 e. The van der Waals surface area contributed by atoms with Gasteiger partial charge in [0.15, 0.2) is 0 Å². The predicted molar refractivity (Wildman–Crippen MR) is 94.9 cm³/mol. The molecule has 1 aliphatic heterocycles. The standard InChI is InChI=1S/C20H24FNO3/c1-23-16-7-8-17(20(12-16)25-3)18-5-4-10-22(18)13-14-11-15(21)6-9-19(14)24-2/h6-9,11-12,18H,4-5,10,13H2,1-3H3/t18-/m0/s1. The molecule has 0 N–H and O–H groups in total. The molecule has 0 bridgehead atoms. The molecule has 0 aliphatic carbocycles. The summed E-state index contributed by atoms with van der Waals surface area (Å²) in [6.07, 6.45) is 2.14. The van der Waals surface area contributed by atoms with Crippen molar-refractivity contribution in [1.29, 1.82) is 0 Å². The molecule has 1 fully saturated rings. The lowest BCUT2D eigenvalue weighted by atomic mass is 10.0. The zero-order valence-corrected chi connectivity index (χ0v) is 14.9. The lowest BCUT2D eigenvalue weighted by molar-refractivity contribution is 0.238. The van der Waals surface area contributed by atoms with E-state index in [9.17, 15) is 4.39 Å². The van der Waals surface area contributed by atoms with Gasteiger partial charge in [0.2, 0.25) is 0 Å². The van der Waals surface area contributed by atoms with Gasteiger partial charge < -0.3 is 14.2 Å². The van der Waals surface area contributed by atoms with Crippen molar-refractivity contribution < 1.29 is 18.6 Å². The zero-order valence-electron chi connectivity index (χ0n) is 14.9. The zero-order chi connectivity index (χ0) is 17.8. The average molecular weight is 345 g/mol. The summed E-state index contributed by atoms with van der Waals surface area (Å²) in [4.78, 5) is 2.35. The first-order valence-corrected chi connectivity index (χ1v) is 8.44. The molecule has 1 saturated heterocycles. The Kier molecular flexibility index (Phi) is 5.43. The van der Waals surface area contributed by atoms with E-state index < -0.39 is 0 Å². The average Bonchev–Trinajstić information content (AvgIpc) is 3.09. The van der Waals surface area contributed by atoms with Crippen molar-refractivity contribution in [2.24, 2.45) is 0 Å². The minimum absolute atomic E-state index is 0.230. The number of halogens is 1. The molecule has 25 heavy (non-hydrogen) atoms. The molecular weight excluding hydrogens is 321 g/mol. The Labute approximate surface area is 148 Å². The van der Waals surface area contributed by atoms with E-state index in [1.165, 1.54) is 6.07 Å². The first kappa shape index (κ1) is 17.5. The fourth-order valence-corrected chi connectivity index (χ4v) is 3.55. The van der Waals surface area contributed by atoms with Crippen molar-refractivity contribution in [3.05, 3.63) is 53.3 Å². The Morgan fingerprint density at radius 2 is 1.80 bits per heavy atom.